The highest BCUT2D eigenvalue weighted by molar-refractivity contribution is 5.93. The summed E-state index contributed by atoms with van der Waals surface area (Å²) in [5.74, 6) is -1.58. The molecule has 0 spiro atoms. The predicted octanol–water partition coefficient (Wildman–Crippen LogP) is 4.82. The molecule has 248 valence electrons. The van der Waals surface area contributed by atoms with Crippen molar-refractivity contribution in [3.63, 3.8) is 0 Å². The summed E-state index contributed by atoms with van der Waals surface area (Å²) in [5.41, 5.74) is 2.08. The molecule has 2 aromatic carbocycles. The SMILES string of the molecule is O=C(O)NCc1ccc(-c2cccc(-n3c(=O)n(C4CCC(NC(=O)c5cn6cc(F)ccc6n5)CC4)c(=O)c4cc(F)cnc43)c2)cc1. The Balaban J connectivity index is 1.16. The van der Waals surface area contributed by atoms with Crippen molar-refractivity contribution in [1.82, 2.24) is 34.1 Å². The number of imidazole rings is 1. The van der Waals surface area contributed by atoms with E-state index in [2.05, 4.69) is 20.6 Å². The topological polar surface area (TPSA) is 153 Å². The Hall–Kier alpha value is -6.18. The number of amides is 2. The van der Waals surface area contributed by atoms with E-state index in [1.54, 1.807) is 30.3 Å². The number of hydrogen-bond donors (Lipinski definition) is 3. The number of halogens is 2. The second-order valence-electron chi connectivity index (χ2n) is 11.9. The summed E-state index contributed by atoms with van der Waals surface area (Å²) in [7, 11) is 0. The Morgan fingerprint density at radius 1 is 0.898 bits per heavy atom. The van der Waals surface area contributed by atoms with Crippen LogP contribution in [0, 0.1) is 11.6 Å². The molecule has 1 saturated carbocycles. The van der Waals surface area contributed by atoms with Crippen LogP contribution < -0.4 is 21.9 Å². The molecular weight excluding hydrogens is 636 g/mol. The second kappa shape index (κ2) is 12.8. The lowest BCUT2D eigenvalue weighted by Crippen LogP contribution is -2.45. The molecule has 4 heterocycles. The lowest BCUT2D eigenvalue weighted by atomic mass is 9.90. The largest absolute Gasteiger partial charge is 0.465 e. The third-order valence-electron chi connectivity index (χ3n) is 8.77. The van der Waals surface area contributed by atoms with Crippen molar-refractivity contribution in [3.05, 3.63) is 129 Å². The van der Waals surface area contributed by atoms with Crippen molar-refractivity contribution in [1.29, 1.82) is 0 Å². The van der Waals surface area contributed by atoms with Crippen molar-refractivity contribution in [2.24, 2.45) is 0 Å². The van der Waals surface area contributed by atoms with Gasteiger partial charge < -0.3 is 20.1 Å². The molecule has 1 aliphatic rings. The highest BCUT2D eigenvalue weighted by Crippen LogP contribution is 2.28. The van der Waals surface area contributed by atoms with Gasteiger partial charge in [0.1, 0.15) is 23.0 Å². The standard InChI is InChI=1S/C35H29F2N7O5/c36-23-8-13-30-41-29(19-42(30)18-23)32(45)40-25-9-11-26(12-10-25)44-33(46)28-15-24(37)17-38-31(28)43(35(44)49)27-3-1-2-22(14-27)21-6-4-20(5-7-21)16-39-34(47)48/h1-8,13-15,17-19,25-26,39H,9-12,16H2,(H,40,45)(H,47,48). The van der Waals surface area contributed by atoms with Gasteiger partial charge in [0.25, 0.3) is 11.5 Å². The van der Waals surface area contributed by atoms with E-state index in [9.17, 15) is 28.0 Å². The number of nitrogens with one attached hydrogen (secondary N) is 2. The highest BCUT2D eigenvalue weighted by Gasteiger charge is 2.28. The van der Waals surface area contributed by atoms with E-state index in [0.29, 0.717) is 37.0 Å². The van der Waals surface area contributed by atoms with E-state index in [1.165, 1.54) is 33.5 Å². The van der Waals surface area contributed by atoms with Crippen LogP contribution in [-0.2, 0) is 6.54 Å². The summed E-state index contributed by atoms with van der Waals surface area (Å²) in [6.07, 6.45) is 4.26. The van der Waals surface area contributed by atoms with Gasteiger partial charge >= 0.3 is 11.8 Å². The van der Waals surface area contributed by atoms with Crippen molar-refractivity contribution in [2.45, 2.75) is 44.3 Å². The molecule has 4 aromatic heterocycles. The zero-order valence-electron chi connectivity index (χ0n) is 25.8. The van der Waals surface area contributed by atoms with Gasteiger partial charge in [0.05, 0.1) is 17.3 Å². The number of carboxylic acid groups (broad SMARTS) is 1. The molecule has 3 N–H and O–H groups in total. The Morgan fingerprint density at radius 3 is 2.43 bits per heavy atom. The van der Waals surface area contributed by atoms with Crippen LogP contribution in [0.3, 0.4) is 0 Å². The Morgan fingerprint density at radius 2 is 1.67 bits per heavy atom. The average Bonchev–Trinajstić information content (AvgIpc) is 3.52. The van der Waals surface area contributed by atoms with E-state index in [0.717, 1.165) is 33.5 Å². The molecule has 14 heteroatoms. The first-order valence-corrected chi connectivity index (χ1v) is 15.6. The van der Waals surface area contributed by atoms with Crippen LogP contribution in [0.25, 0.3) is 33.5 Å². The number of pyridine rings is 2. The fraction of sp³-hybridized carbons (Fsp3) is 0.200. The molecule has 0 saturated heterocycles. The fourth-order valence-corrected chi connectivity index (χ4v) is 6.37. The van der Waals surface area contributed by atoms with Crippen LogP contribution >= 0.6 is 0 Å². The number of fused-ring (bicyclic) bond motifs is 2. The minimum Gasteiger partial charge on any atom is -0.465 e. The van der Waals surface area contributed by atoms with Gasteiger partial charge in [-0.25, -0.2) is 32.9 Å². The Kier molecular flexibility index (Phi) is 8.20. The van der Waals surface area contributed by atoms with Crippen LogP contribution in [0.1, 0.15) is 47.8 Å². The molecule has 0 radical (unpaired) electrons. The molecule has 1 fully saturated rings. The Bertz CT molecular complexity index is 2360. The van der Waals surface area contributed by atoms with Gasteiger partial charge in [0, 0.05) is 31.0 Å². The minimum absolute atomic E-state index is 0.0215. The third-order valence-corrected chi connectivity index (χ3v) is 8.77. The first-order valence-electron chi connectivity index (χ1n) is 15.6. The highest BCUT2D eigenvalue weighted by atomic mass is 19.1. The first kappa shape index (κ1) is 31.4. The smallest absolute Gasteiger partial charge is 0.404 e. The quantitative estimate of drug-likeness (QED) is 0.221. The number of carbonyl (C=O) groups is 2. The molecule has 0 bridgehead atoms. The fourth-order valence-electron chi connectivity index (χ4n) is 6.37. The number of aromatic nitrogens is 5. The molecule has 0 aliphatic heterocycles. The second-order valence-corrected chi connectivity index (χ2v) is 11.9. The first-order chi connectivity index (χ1) is 23.6. The van der Waals surface area contributed by atoms with E-state index in [-0.39, 0.29) is 29.3 Å². The molecule has 2 amide bonds. The van der Waals surface area contributed by atoms with Gasteiger partial charge in [-0.15, -0.1) is 0 Å². The lowest BCUT2D eigenvalue weighted by molar-refractivity contribution is 0.0917. The molecular formula is C35H29F2N7O5. The van der Waals surface area contributed by atoms with Crippen LogP contribution in [0.2, 0.25) is 0 Å². The number of hydrogen-bond acceptors (Lipinski definition) is 6. The van der Waals surface area contributed by atoms with Crippen LogP contribution in [0.5, 0.6) is 0 Å². The third kappa shape index (κ3) is 6.27. The normalized spacial score (nSPS) is 16.1. The molecule has 6 aromatic rings. The van der Waals surface area contributed by atoms with Gasteiger partial charge in [-0.3, -0.25) is 14.2 Å². The van der Waals surface area contributed by atoms with Gasteiger partial charge in [-0.2, -0.15) is 0 Å². The van der Waals surface area contributed by atoms with E-state index in [1.807, 2.05) is 18.2 Å². The van der Waals surface area contributed by atoms with Gasteiger partial charge in [-0.1, -0.05) is 36.4 Å². The zero-order chi connectivity index (χ0) is 34.2. The summed E-state index contributed by atoms with van der Waals surface area (Å²) in [4.78, 5) is 60.1. The summed E-state index contributed by atoms with van der Waals surface area (Å²) < 4.78 is 31.9. The van der Waals surface area contributed by atoms with Crippen molar-refractivity contribution in [3.8, 4) is 16.8 Å². The van der Waals surface area contributed by atoms with Crippen molar-refractivity contribution < 1.29 is 23.5 Å². The predicted molar refractivity (Wildman–Crippen MR) is 176 cm³/mol. The average molecular weight is 666 g/mol. The maximum atomic E-state index is 14.4. The maximum Gasteiger partial charge on any atom is 0.404 e. The summed E-state index contributed by atoms with van der Waals surface area (Å²) in [6.45, 7) is 0.152. The van der Waals surface area contributed by atoms with E-state index >= 15 is 0 Å². The zero-order valence-corrected chi connectivity index (χ0v) is 25.8. The minimum atomic E-state index is -1.12. The van der Waals surface area contributed by atoms with Crippen molar-refractivity contribution >= 4 is 28.7 Å². The number of rotatable bonds is 7. The van der Waals surface area contributed by atoms with Crippen LogP contribution in [0.15, 0.2) is 94.9 Å². The number of benzene rings is 2. The lowest BCUT2D eigenvalue weighted by Gasteiger charge is -2.30. The molecule has 1 aliphatic carbocycles. The van der Waals surface area contributed by atoms with Crippen LogP contribution in [-0.4, -0.2) is 46.7 Å². The molecule has 0 atom stereocenters. The summed E-state index contributed by atoms with van der Waals surface area (Å²) in [5, 5.41) is 14.1. The summed E-state index contributed by atoms with van der Waals surface area (Å²) >= 11 is 0. The van der Waals surface area contributed by atoms with Gasteiger partial charge in [-0.05, 0) is 72.7 Å². The summed E-state index contributed by atoms with van der Waals surface area (Å²) in [6, 6.07) is 17.4. The number of carbonyl (C=O) groups excluding carboxylic acids is 1. The van der Waals surface area contributed by atoms with Gasteiger partial charge in [0.2, 0.25) is 0 Å². The van der Waals surface area contributed by atoms with Crippen molar-refractivity contribution in [2.75, 3.05) is 0 Å². The number of nitrogens with zero attached hydrogens (tertiary/aromatic N) is 5. The van der Waals surface area contributed by atoms with Gasteiger partial charge in [0.15, 0.2) is 5.65 Å². The molecule has 0 unspecified atom stereocenters. The Labute approximate surface area is 276 Å². The maximum absolute atomic E-state index is 14.4. The van der Waals surface area contributed by atoms with E-state index in [4.69, 9.17) is 5.11 Å². The molecule has 49 heavy (non-hydrogen) atoms. The van der Waals surface area contributed by atoms with E-state index < -0.39 is 40.9 Å². The van der Waals surface area contributed by atoms with Crippen LogP contribution in [0.4, 0.5) is 13.6 Å². The monoisotopic (exact) mass is 665 g/mol. The molecule has 7 rings (SSSR count). The molecule has 12 nitrogen and oxygen atoms in total.